The molecule has 30 heavy (non-hydrogen) atoms. The minimum atomic E-state index is -0.267. The number of anilines is 1. The number of thiazole rings is 1. The van der Waals surface area contributed by atoms with Gasteiger partial charge in [0.05, 0.1) is 30.0 Å². The maximum absolute atomic E-state index is 12.8. The van der Waals surface area contributed by atoms with Crippen LogP contribution in [0.3, 0.4) is 0 Å². The normalized spacial score (nSPS) is 15.1. The molecule has 156 valence electrons. The molecule has 0 aliphatic heterocycles. The molecule has 0 spiro atoms. The van der Waals surface area contributed by atoms with Crippen LogP contribution < -0.4 is 10.6 Å². The number of hydrogen-bond donors (Lipinski definition) is 2. The van der Waals surface area contributed by atoms with Crippen LogP contribution in [-0.4, -0.2) is 16.8 Å². The Morgan fingerprint density at radius 3 is 2.67 bits per heavy atom. The van der Waals surface area contributed by atoms with E-state index in [0.717, 1.165) is 18.4 Å². The Kier molecular flexibility index (Phi) is 6.28. The highest BCUT2D eigenvalue weighted by Crippen LogP contribution is 2.35. The lowest BCUT2D eigenvalue weighted by molar-refractivity contribution is -0.121. The SMILES string of the molecule is Cc1occc1C(=O)Nc1nc(CC(=O)NC(c2ccccc2)C2CCCC2)cs1. The molecule has 7 heteroatoms. The molecule has 2 N–H and O–H groups in total. The van der Waals surface area contributed by atoms with Gasteiger partial charge in [0, 0.05) is 5.38 Å². The van der Waals surface area contributed by atoms with Crippen molar-refractivity contribution in [3.05, 3.63) is 70.6 Å². The maximum Gasteiger partial charge on any atom is 0.260 e. The van der Waals surface area contributed by atoms with Crippen molar-refractivity contribution in [3.63, 3.8) is 0 Å². The second-order valence-electron chi connectivity index (χ2n) is 7.67. The minimum Gasteiger partial charge on any atom is -0.469 e. The van der Waals surface area contributed by atoms with Crippen molar-refractivity contribution in [2.24, 2.45) is 5.92 Å². The van der Waals surface area contributed by atoms with Crippen LogP contribution in [0.4, 0.5) is 5.13 Å². The molecule has 1 unspecified atom stereocenters. The fourth-order valence-electron chi connectivity index (χ4n) is 4.04. The first-order valence-electron chi connectivity index (χ1n) is 10.2. The number of amides is 2. The first-order chi connectivity index (χ1) is 14.6. The van der Waals surface area contributed by atoms with Gasteiger partial charge in [0.15, 0.2) is 5.13 Å². The zero-order valence-corrected chi connectivity index (χ0v) is 17.7. The molecular weight excluding hydrogens is 398 g/mol. The Hall–Kier alpha value is -2.93. The highest BCUT2D eigenvalue weighted by atomic mass is 32.1. The molecule has 2 amide bonds. The lowest BCUT2D eigenvalue weighted by Crippen LogP contribution is -2.33. The maximum atomic E-state index is 12.8. The van der Waals surface area contributed by atoms with Gasteiger partial charge in [0.2, 0.25) is 5.91 Å². The Labute approximate surface area is 179 Å². The summed E-state index contributed by atoms with van der Waals surface area (Å²) in [6, 6.07) is 11.8. The summed E-state index contributed by atoms with van der Waals surface area (Å²) in [6.07, 6.45) is 6.38. The summed E-state index contributed by atoms with van der Waals surface area (Å²) >= 11 is 1.31. The number of furan rings is 1. The van der Waals surface area contributed by atoms with E-state index in [0.29, 0.717) is 28.1 Å². The summed E-state index contributed by atoms with van der Waals surface area (Å²) in [5.74, 6) is 0.712. The van der Waals surface area contributed by atoms with Gasteiger partial charge < -0.3 is 9.73 Å². The third-order valence-corrected chi connectivity index (χ3v) is 6.37. The largest absolute Gasteiger partial charge is 0.469 e. The number of carbonyl (C=O) groups excluding carboxylic acids is 2. The Morgan fingerprint density at radius 2 is 1.97 bits per heavy atom. The molecule has 1 saturated carbocycles. The van der Waals surface area contributed by atoms with Crippen molar-refractivity contribution in [2.75, 3.05) is 5.32 Å². The molecule has 2 heterocycles. The van der Waals surface area contributed by atoms with Crippen LogP contribution in [0.25, 0.3) is 0 Å². The van der Waals surface area contributed by atoms with Crippen LogP contribution in [0.1, 0.15) is 59.1 Å². The van der Waals surface area contributed by atoms with E-state index in [4.69, 9.17) is 4.42 Å². The first-order valence-corrected chi connectivity index (χ1v) is 11.1. The van der Waals surface area contributed by atoms with Gasteiger partial charge >= 0.3 is 0 Å². The Bertz CT molecular complexity index is 1010. The second-order valence-corrected chi connectivity index (χ2v) is 8.52. The topological polar surface area (TPSA) is 84.2 Å². The molecule has 3 aromatic rings. The molecule has 1 aliphatic carbocycles. The molecule has 1 aromatic carbocycles. The predicted molar refractivity (Wildman–Crippen MR) is 116 cm³/mol. The number of aromatic nitrogens is 1. The second kappa shape index (κ2) is 9.26. The fraction of sp³-hybridized carbons (Fsp3) is 0.348. The van der Waals surface area contributed by atoms with E-state index in [1.807, 2.05) is 23.6 Å². The van der Waals surface area contributed by atoms with E-state index in [-0.39, 0.29) is 24.3 Å². The molecule has 4 rings (SSSR count). The smallest absolute Gasteiger partial charge is 0.260 e. The summed E-state index contributed by atoms with van der Waals surface area (Å²) in [6.45, 7) is 1.74. The van der Waals surface area contributed by atoms with Crippen molar-refractivity contribution in [1.82, 2.24) is 10.3 Å². The van der Waals surface area contributed by atoms with Crippen molar-refractivity contribution < 1.29 is 14.0 Å². The molecule has 1 aliphatic rings. The van der Waals surface area contributed by atoms with E-state index in [9.17, 15) is 9.59 Å². The van der Waals surface area contributed by atoms with E-state index < -0.39 is 0 Å². The summed E-state index contributed by atoms with van der Waals surface area (Å²) < 4.78 is 5.17. The number of carbonyl (C=O) groups is 2. The van der Waals surface area contributed by atoms with Crippen molar-refractivity contribution in [1.29, 1.82) is 0 Å². The minimum absolute atomic E-state index is 0.0306. The van der Waals surface area contributed by atoms with Gasteiger partial charge in [0.25, 0.3) is 5.91 Å². The van der Waals surface area contributed by atoms with E-state index >= 15 is 0 Å². The molecule has 0 saturated heterocycles. The predicted octanol–water partition coefficient (Wildman–Crippen LogP) is 4.89. The quantitative estimate of drug-likeness (QED) is 0.567. The zero-order chi connectivity index (χ0) is 20.9. The van der Waals surface area contributed by atoms with Gasteiger partial charge in [-0.25, -0.2) is 4.98 Å². The van der Waals surface area contributed by atoms with Gasteiger partial charge in [-0.1, -0.05) is 43.2 Å². The number of aryl methyl sites for hydroxylation is 1. The zero-order valence-electron chi connectivity index (χ0n) is 16.9. The average Bonchev–Trinajstić information content (AvgIpc) is 3.49. The molecule has 0 radical (unpaired) electrons. The lowest BCUT2D eigenvalue weighted by Gasteiger charge is -2.25. The number of rotatable bonds is 7. The summed E-state index contributed by atoms with van der Waals surface area (Å²) in [5, 5.41) is 8.28. The first kappa shape index (κ1) is 20.3. The van der Waals surface area contributed by atoms with Crippen LogP contribution in [0.5, 0.6) is 0 Å². The van der Waals surface area contributed by atoms with Gasteiger partial charge in [-0.3, -0.25) is 14.9 Å². The molecular formula is C23H25N3O3S. The number of nitrogens with zero attached hydrogens (tertiary/aromatic N) is 1. The molecule has 2 aromatic heterocycles. The van der Waals surface area contributed by atoms with Gasteiger partial charge in [-0.2, -0.15) is 0 Å². The van der Waals surface area contributed by atoms with Crippen molar-refractivity contribution in [3.8, 4) is 0 Å². The monoisotopic (exact) mass is 423 g/mol. The van der Waals surface area contributed by atoms with Crippen molar-refractivity contribution >= 4 is 28.3 Å². The van der Waals surface area contributed by atoms with Crippen LogP contribution in [0.2, 0.25) is 0 Å². The van der Waals surface area contributed by atoms with Gasteiger partial charge in [-0.05, 0) is 37.3 Å². The molecule has 1 fully saturated rings. The van der Waals surface area contributed by atoms with Crippen molar-refractivity contribution in [2.45, 2.75) is 45.1 Å². The fourth-order valence-corrected chi connectivity index (χ4v) is 4.75. The van der Waals surface area contributed by atoms with Gasteiger partial charge in [-0.15, -0.1) is 11.3 Å². The number of benzene rings is 1. The third-order valence-electron chi connectivity index (χ3n) is 5.56. The van der Waals surface area contributed by atoms with Crippen LogP contribution in [-0.2, 0) is 11.2 Å². The molecule has 0 bridgehead atoms. The van der Waals surface area contributed by atoms with Gasteiger partial charge in [0.1, 0.15) is 5.76 Å². The van der Waals surface area contributed by atoms with E-state index in [1.54, 1.807) is 13.0 Å². The van der Waals surface area contributed by atoms with E-state index in [1.165, 1.54) is 30.4 Å². The Morgan fingerprint density at radius 1 is 1.20 bits per heavy atom. The average molecular weight is 424 g/mol. The lowest BCUT2D eigenvalue weighted by atomic mass is 9.91. The van der Waals surface area contributed by atoms with Crippen LogP contribution in [0.15, 0.2) is 52.5 Å². The number of nitrogens with one attached hydrogen (secondary N) is 2. The van der Waals surface area contributed by atoms with Crippen LogP contribution in [0, 0.1) is 12.8 Å². The molecule has 6 nitrogen and oxygen atoms in total. The number of hydrogen-bond acceptors (Lipinski definition) is 5. The standard InChI is InChI=1S/C23H25N3O3S/c1-15-19(11-12-29-15)22(28)26-23-24-18(14-30-23)13-20(27)25-21(17-9-5-6-10-17)16-7-3-2-4-8-16/h2-4,7-8,11-12,14,17,21H,5-6,9-10,13H2,1H3,(H,25,27)(H,24,26,28). The highest BCUT2D eigenvalue weighted by molar-refractivity contribution is 7.14. The Balaban J connectivity index is 1.38. The summed E-state index contributed by atoms with van der Waals surface area (Å²) in [7, 11) is 0. The van der Waals surface area contributed by atoms with Crippen LogP contribution >= 0.6 is 11.3 Å². The summed E-state index contributed by atoms with van der Waals surface area (Å²) in [5.41, 5.74) is 2.28. The summed E-state index contributed by atoms with van der Waals surface area (Å²) in [4.78, 5) is 29.5. The highest BCUT2D eigenvalue weighted by Gasteiger charge is 2.27. The molecule has 1 atom stereocenters. The third kappa shape index (κ3) is 4.79. The van der Waals surface area contributed by atoms with E-state index in [2.05, 4.69) is 27.8 Å².